The lowest BCUT2D eigenvalue weighted by atomic mass is 10.3. The van der Waals surface area contributed by atoms with Crippen molar-refractivity contribution in [1.82, 2.24) is 0 Å². The molecule has 0 radical (unpaired) electrons. The van der Waals surface area contributed by atoms with Crippen LogP contribution in [0.15, 0.2) is 34.7 Å². The zero-order valence-electron chi connectivity index (χ0n) is 8.72. The van der Waals surface area contributed by atoms with Gasteiger partial charge in [-0.2, -0.15) is 21.2 Å². The van der Waals surface area contributed by atoms with Crippen molar-refractivity contribution in [3.05, 3.63) is 30.3 Å². The van der Waals surface area contributed by atoms with Gasteiger partial charge in [0, 0.05) is 5.69 Å². The SMILES string of the molecule is Nc1ccccc1.O=S(=O)=NCCS(=O)(=O)O. The maximum Gasteiger partial charge on any atom is 0.311 e. The molecule has 7 nitrogen and oxygen atoms in total. The maximum absolute atomic E-state index is 9.91. The van der Waals surface area contributed by atoms with Crippen LogP contribution < -0.4 is 5.73 Å². The number of nitrogen functional groups attached to an aromatic ring is 1. The van der Waals surface area contributed by atoms with Crippen molar-refractivity contribution in [2.45, 2.75) is 0 Å². The van der Waals surface area contributed by atoms with E-state index in [2.05, 4.69) is 4.36 Å². The van der Waals surface area contributed by atoms with E-state index in [1.807, 2.05) is 30.3 Å². The molecule has 9 heteroatoms. The number of rotatable bonds is 3. The van der Waals surface area contributed by atoms with Gasteiger partial charge in [0.25, 0.3) is 10.1 Å². The van der Waals surface area contributed by atoms with Gasteiger partial charge < -0.3 is 5.73 Å². The molecule has 0 aromatic heterocycles. The molecule has 0 fully saturated rings. The van der Waals surface area contributed by atoms with Crippen molar-refractivity contribution < 1.29 is 21.4 Å². The molecule has 0 saturated heterocycles. The molecule has 0 saturated carbocycles. The quantitative estimate of drug-likeness (QED) is 0.601. The number of anilines is 1. The van der Waals surface area contributed by atoms with Gasteiger partial charge in [-0.1, -0.05) is 18.2 Å². The number of nitrogens with zero attached hydrogens (tertiary/aromatic N) is 1. The average Bonchev–Trinajstić information content (AvgIpc) is 2.17. The summed E-state index contributed by atoms with van der Waals surface area (Å²) in [4.78, 5) is 0. The van der Waals surface area contributed by atoms with Gasteiger partial charge in [0.05, 0.1) is 12.3 Å². The summed E-state index contributed by atoms with van der Waals surface area (Å²) in [6.07, 6.45) is 0. The highest BCUT2D eigenvalue weighted by molar-refractivity contribution is 7.85. The lowest BCUT2D eigenvalue weighted by molar-refractivity contribution is 0.483. The fourth-order valence-corrected chi connectivity index (χ4v) is 1.36. The highest BCUT2D eigenvalue weighted by Crippen LogP contribution is 1.95. The molecule has 0 atom stereocenters. The van der Waals surface area contributed by atoms with Gasteiger partial charge in [-0.05, 0) is 12.1 Å². The molecule has 1 aromatic carbocycles. The summed E-state index contributed by atoms with van der Waals surface area (Å²) in [7, 11) is -6.69. The Kier molecular flexibility index (Phi) is 7.10. The van der Waals surface area contributed by atoms with Crippen LogP contribution in [-0.4, -0.2) is 33.7 Å². The summed E-state index contributed by atoms with van der Waals surface area (Å²) < 4.78 is 49.9. The number of benzene rings is 1. The molecule has 0 aliphatic carbocycles. The fraction of sp³-hybridized carbons (Fsp3) is 0.250. The van der Waals surface area contributed by atoms with E-state index in [1.54, 1.807) is 0 Å². The molecule has 0 bridgehead atoms. The van der Waals surface area contributed by atoms with E-state index in [0.717, 1.165) is 5.69 Å². The third-order valence-electron chi connectivity index (χ3n) is 1.35. The van der Waals surface area contributed by atoms with Crippen molar-refractivity contribution in [2.75, 3.05) is 18.0 Å². The van der Waals surface area contributed by atoms with Gasteiger partial charge in [0.2, 0.25) is 0 Å². The van der Waals surface area contributed by atoms with E-state index < -0.39 is 32.9 Å². The molecule has 0 spiro atoms. The predicted molar refractivity (Wildman–Crippen MR) is 63.5 cm³/mol. The second-order valence-corrected chi connectivity index (χ2v) is 5.03. The van der Waals surface area contributed by atoms with Crippen molar-refractivity contribution in [1.29, 1.82) is 0 Å². The Labute approximate surface area is 101 Å². The highest BCUT2D eigenvalue weighted by Gasteiger charge is 2.01. The summed E-state index contributed by atoms with van der Waals surface area (Å²) in [5.74, 6) is -0.666. The molecule has 0 amide bonds. The van der Waals surface area contributed by atoms with E-state index in [9.17, 15) is 16.8 Å². The van der Waals surface area contributed by atoms with E-state index in [4.69, 9.17) is 10.3 Å². The first kappa shape index (κ1) is 15.6. The first-order chi connectivity index (χ1) is 7.81. The van der Waals surface area contributed by atoms with Crippen LogP contribution >= 0.6 is 0 Å². The Bertz CT molecular complexity index is 543. The number of hydrogen-bond donors (Lipinski definition) is 2. The van der Waals surface area contributed by atoms with E-state index in [-0.39, 0.29) is 0 Å². The molecule has 0 unspecified atom stereocenters. The van der Waals surface area contributed by atoms with Gasteiger partial charge in [-0.15, -0.1) is 0 Å². The minimum Gasteiger partial charge on any atom is -0.399 e. The smallest absolute Gasteiger partial charge is 0.311 e. The minimum absolute atomic E-state index is 0.436. The molecule has 96 valence electrons. The highest BCUT2D eigenvalue weighted by atomic mass is 32.2. The molecule has 1 aromatic rings. The summed E-state index contributed by atoms with van der Waals surface area (Å²) >= 11 is 0. The van der Waals surface area contributed by atoms with Gasteiger partial charge in [-0.25, -0.2) is 0 Å². The summed E-state index contributed by atoms with van der Waals surface area (Å²) in [6.45, 7) is -0.436. The van der Waals surface area contributed by atoms with Crippen molar-refractivity contribution in [3.8, 4) is 0 Å². The Hall–Kier alpha value is -1.45. The maximum atomic E-state index is 9.91. The largest absolute Gasteiger partial charge is 0.399 e. The van der Waals surface area contributed by atoms with E-state index in [0.29, 0.717) is 0 Å². The van der Waals surface area contributed by atoms with Crippen molar-refractivity contribution in [3.63, 3.8) is 0 Å². The molecule has 17 heavy (non-hydrogen) atoms. The number of nitrogens with two attached hydrogens (primary N) is 1. The van der Waals surface area contributed by atoms with Gasteiger partial charge in [0.1, 0.15) is 0 Å². The topological polar surface area (TPSA) is 127 Å². The van der Waals surface area contributed by atoms with Crippen molar-refractivity contribution >= 4 is 26.3 Å². The second kappa shape index (κ2) is 7.76. The standard InChI is InChI=1S/C6H7N.C2H5NO5S2/c7-6-4-2-1-3-5-6;4-9(5)3-1-2-10(6,7)8/h1-5H,7H2;1-2H2,(H,6,7,8). The number of para-hydroxylation sites is 1. The number of hydrogen-bond acceptors (Lipinski definition) is 6. The molecule has 1 rings (SSSR count). The van der Waals surface area contributed by atoms with Crippen LogP contribution in [0.2, 0.25) is 0 Å². The van der Waals surface area contributed by atoms with E-state index >= 15 is 0 Å². The zero-order chi connectivity index (χ0) is 13.3. The van der Waals surface area contributed by atoms with Crippen LogP contribution in [0.1, 0.15) is 0 Å². The molecule has 3 N–H and O–H groups in total. The van der Waals surface area contributed by atoms with Gasteiger partial charge in [-0.3, -0.25) is 4.55 Å². The average molecular weight is 280 g/mol. The summed E-state index contributed by atoms with van der Waals surface area (Å²) in [5.41, 5.74) is 6.18. The predicted octanol–water partition coefficient (Wildman–Crippen LogP) is 0.206. The summed E-state index contributed by atoms with van der Waals surface area (Å²) in [5, 5.41) is 0. The van der Waals surface area contributed by atoms with Crippen LogP contribution in [-0.2, 0) is 20.6 Å². The second-order valence-electron chi connectivity index (χ2n) is 2.77. The molecule has 0 aliphatic rings. The van der Waals surface area contributed by atoms with Crippen LogP contribution in [0.3, 0.4) is 0 Å². The third-order valence-corrected chi connectivity index (χ3v) is 2.44. The van der Waals surface area contributed by atoms with E-state index in [1.165, 1.54) is 0 Å². The third kappa shape index (κ3) is 12.5. The first-order valence-electron chi connectivity index (χ1n) is 4.34. The molecular weight excluding hydrogens is 268 g/mol. The van der Waals surface area contributed by atoms with Crippen LogP contribution in [0.4, 0.5) is 5.69 Å². The van der Waals surface area contributed by atoms with Crippen LogP contribution in [0.25, 0.3) is 0 Å². The molecule has 0 heterocycles. The molecule has 0 aliphatic heterocycles. The summed E-state index contributed by atoms with van der Waals surface area (Å²) in [6, 6.07) is 9.49. The monoisotopic (exact) mass is 280 g/mol. The Balaban J connectivity index is 0.000000318. The fourth-order valence-electron chi connectivity index (χ4n) is 0.680. The lowest BCUT2D eigenvalue weighted by Crippen LogP contribution is -2.06. The van der Waals surface area contributed by atoms with Crippen molar-refractivity contribution in [2.24, 2.45) is 4.36 Å². The first-order valence-corrected chi connectivity index (χ1v) is 6.98. The zero-order valence-corrected chi connectivity index (χ0v) is 10.4. The lowest BCUT2D eigenvalue weighted by Gasteiger charge is -1.86. The Morgan fingerprint density at radius 3 is 2.06 bits per heavy atom. The molecular formula is C8H12N2O5S2. The van der Waals surface area contributed by atoms with Gasteiger partial charge in [0.15, 0.2) is 0 Å². The van der Waals surface area contributed by atoms with Crippen LogP contribution in [0.5, 0.6) is 0 Å². The Morgan fingerprint density at radius 1 is 1.24 bits per heavy atom. The van der Waals surface area contributed by atoms with Gasteiger partial charge >= 0.3 is 10.5 Å². The van der Waals surface area contributed by atoms with Crippen LogP contribution in [0, 0.1) is 0 Å². The minimum atomic E-state index is -4.09. The Morgan fingerprint density at radius 2 is 1.76 bits per heavy atom. The normalized spacial score (nSPS) is 9.94.